The average Bonchev–Trinajstić information content (AvgIpc) is 3.16. The van der Waals surface area contributed by atoms with E-state index in [9.17, 15) is 13.2 Å². The lowest BCUT2D eigenvalue weighted by Gasteiger charge is -2.33. The van der Waals surface area contributed by atoms with Gasteiger partial charge in [0, 0.05) is 43.1 Å². The van der Waals surface area contributed by atoms with Gasteiger partial charge < -0.3 is 9.88 Å². The number of imidazole rings is 1. The van der Waals surface area contributed by atoms with Crippen molar-refractivity contribution in [1.82, 2.24) is 14.5 Å². The van der Waals surface area contributed by atoms with E-state index in [1.54, 1.807) is 18.0 Å². The highest BCUT2D eigenvalue weighted by molar-refractivity contribution is 7.99. The van der Waals surface area contributed by atoms with Crippen LogP contribution in [0.3, 0.4) is 0 Å². The van der Waals surface area contributed by atoms with Gasteiger partial charge in [0.05, 0.1) is 11.5 Å². The van der Waals surface area contributed by atoms with Gasteiger partial charge in [0.15, 0.2) is 15.0 Å². The Morgan fingerprint density at radius 3 is 2.35 bits per heavy atom. The zero-order valence-electron chi connectivity index (χ0n) is 17.1. The Bertz CT molecular complexity index is 1130. The predicted molar refractivity (Wildman–Crippen MR) is 122 cm³/mol. The van der Waals surface area contributed by atoms with Crippen molar-refractivity contribution >= 4 is 33.2 Å². The first-order chi connectivity index (χ1) is 14.9. The topological polar surface area (TPSA) is 84.3 Å². The van der Waals surface area contributed by atoms with Crippen molar-refractivity contribution in [2.75, 3.05) is 29.9 Å². The lowest BCUT2D eigenvalue weighted by Crippen LogP contribution is -2.46. The third kappa shape index (κ3) is 5.36. The molecule has 2 aromatic carbocycles. The summed E-state index contributed by atoms with van der Waals surface area (Å²) in [6, 6.07) is 16.6. The van der Waals surface area contributed by atoms with Gasteiger partial charge in [-0.3, -0.25) is 9.69 Å². The fourth-order valence-corrected chi connectivity index (χ4v) is 5.55. The SMILES string of the molecule is Cn1ccnc1Sc1ccc(NC(=O)C(c2ccccc2)N2CCS(=O)(=O)CC2)cc1. The van der Waals surface area contributed by atoms with Gasteiger partial charge in [-0.2, -0.15) is 0 Å². The van der Waals surface area contributed by atoms with Gasteiger partial charge in [-0.05, 0) is 29.8 Å². The first-order valence-corrected chi connectivity index (χ1v) is 12.6. The van der Waals surface area contributed by atoms with Crippen LogP contribution in [0, 0.1) is 0 Å². The molecule has 3 aromatic rings. The van der Waals surface area contributed by atoms with Gasteiger partial charge in [-0.1, -0.05) is 42.1 Å². The zero-order valence-corrected chi connectivity index (χ0v) is 18.8. The Hall–Kier alpha value is -2.62. The van der Waals surface area contributed by atoms with E-state index in [4.69, 9.17) is 0 Å². The molecule has 0 aliphatic carbocycles. The summed E-state index contributed by atoms with van der Waals surface area (Å²) >= 11 is 1.55. The third-order valence-electron chi connectivity index (χ3n) is 5.22. The molecule has 9 heteroatoms. The number of aryl methyl sites for hydroxylation is 1. The molecule has 162 valence electrons. The largest absolute Gasteiger partial charge is 0.329 e. The Labute approximate surface area is 186 Å². The summed E-state index contributed by atoms with van der Waals surface area (Å²) in [7, 11) is -1.08. The molecule has 1 aliphatic heterocycles. The molecule has 7 nitrogen and oxygen atoms in total. The van der Waals surface area contributed by atoms with Crippen molar-refractivity contribution < 1.29 is 13.2 Å². The van der Waals surface area contributed by atoms with Gasteiger partial charge in [0.1, 0.15) is 6.04 Å². The van der Waals surface area contributed by atoms with E-state index in [0.717, 1.165) is 15.6 Å². The zero-order chi connectivity index (χ0) is 21.8. The van der Waals surface area contributed by atoms with Crippen molar-refractivity contribution in [3.8, 4) is 0 Å². The highest BCUT2D eigenvalue weighted by Gasteiger charge is 2.32. The number of anilines is 1. The predicted octanol–water partition coefficient (Wildman–Crippen LogP) is 2.98. The molecule has 2 heterocycles. The standard InChI is InChI=1S/C22H24N4O3S2/c1-25-12-11-23-22(25)30-19-9-7-18(8-10-19)24-21(27)20(17-5-3-2-4-6-17)26-13-15-31(28,29)16-14-26/h2-12,20H,13-16H2,1H3,(H,24,27). The second kappa shape index (κ2) is 9.25. The molecule has 1 aromatic heterocycles. The molecule has 1 unspecified atom stereocenters. The van der Waals surface area contributed by atoms with Crippen LogP contribution in [0.5, 0.6) is 0 Å². The van der Waals surface area contributed by atoms with Crippen LogP contribution in [0.1, 0.15) is 11.6 Å². The molecule has 0 saturated carbocycles. The molecular weight excluding hydrogens is 432 g/mol. The summed E-state index contributed by atoms with van der Waals surface area (Å²) in [5, 5.41) is 3.89. The molecular formula is C22H24N4O3S2. The van der Waals surface area contributed by atoms with Crippen molar-refractivity contribution in [2.45, 2.75) is 16.1 Å². The van der Waals surface area contributed by atoms with Crippen LogP contribution in [-0.4, -0.2) is 53.4 Å². The Kier molecular flexibility index (Phi) is 6.45. The van der Waals surface area contributed by atoms with E-state index in [0.29, 0.717) is 18.8 Å². The lowest BCUT2D eigenvalue weighted by atomic mass is 10.0. The van der Waals surface area contributed by atoms with Crippen molar-refractivity contribution in [3.63, 3.8) is 0 Å². The van der Waals surface area contributed by atoms with Gasteiger partial charge in [0.2, 0.25) is 5.91 Å². The molecule has 1 atom stereocenters. The highest BCUT2D eigenvalue weighted by atomic mass is 32.2. The molecule has 1 amide bonds. The third-order valence-corrected chi connectivity index (χ3v) is 7.91. The molecule has 1 saturated heterocycles. The molecule has 1 N–H and O–H groups in total. The molecule has 31 heavy (non-hydrogen) atoms. The first kappa shape index (κ1) is 21.6. The maximum Gasteiger partial charge on any atom is 0.246 e. The number of nitrogens with zero attached hydrogens (tertiary/aromatic N) is 3. The maximum absolute atomic E-state index is 13.2. The second-order valence-corrected chi connectivity index (χ2v) is 10.8. The molecule has 4 rings (SSSR count). The number of nitrogens with one attached hydrogen (secondary N) is 1. The smallest absolute Gasteiger partial charge is 0.246 e. The van der Waals surface area contributed by atoms with Crippen LogP contribution in [0.25, 0.3) is 0 Å². The maximum atomic E-state index is 13.2. The van der Waals surface area contributed by atoms with Crippen LogP contribution in [0.15, 0.2) is 77.0 Å². The van der Waals surface area contributed by atoms with Crippen LogP contribution >= 0.6 is 11.8 Å². The van der Waals surface area contributed by atoms with E-state index in [1.165, 1.54) is 0 Å². The number of carbonyl (C=O) groups excluding carboxylic acids is 1. The van der Waals surface area contributed by atoms with E-state index >= 15 is 0 Å². The summed E-state index contributed by atoms with van der Waals surface area (Å²) in [5.74, 6) is -0.0270. The molecule has 1 fully saturated rings. The minimum atomic E-state index is -3.03. The van der Waals surface area contributed by atoms with Gasteiger partial charge >= 0.3 is 0 Å². The number of aromatic nitrogens is 2. The normalized spacial score (nSPS) is 17.2. The van der Waals surface area contributed by atoms with Gasteiger partial charge in [-0.25, -0.2) is 13.4 Å². The fraction of sp³-hybridized carbons (Fsp3) is 0.273. The van der Waals surface area contributed by atoms with Crippen LogP contribution < -0.4 is 5.32 Å². The first-order valence-electron chi connectivity index (χ1n) is 9.97. The molecule has 0 bridgehead atoms. The highest BCUT2D eigenvalue weighted by Crippen LogP contribution is 2.28. The van der Waals surface area contributed by atoms with Crippen LogP contribution in [0.4, 0.5) is 5.69 Å². The minimum Gasteiger partial charge on any atom is -0.329 e. The molecule has 0 spiro atoms. The summed E-state index contributed by atoms with van der Waals surface area (Å²) in [5.41, 5.74) is 1.54. The van der Waals surface area contributed by atoms with Crippen LogP contribution in [0.2, 0.25) is 0 Å². The number of rotatable bonds is 6. The van der Waals surface area contributed by atoms with Crippen molar-refractivity contribution in [3.05, 3.63) is 72.6 Å². The summed E-state index contributed by atoms with van der Waals surface area (Å²) < 4.78 is 25.6. The number of carbonyl (C=O) groups is 1. The van der Waals surface area contributed by atoms with Crippen LogP contribution in [-0.2, 0) is 21.7 Å². The average molecular weight is 457 g/mol. The van der Waals surface area contributed by atoms with E-state index in [2.05, 4.69) is 10.3 Å². The Morgan fingerprint density at radius 2 is 1.74 bits per heavy atom. The van der Waals surface area contributed by atoms with Crippen molar-refractivity contribution in [2.24, 2.45) is 7.05 Å². The summed E-state index contributed by atoms with van der Waals surface area (Å²) in [6.45, 7) is 0.684. The van der Waals surface area contributed by atoms with E-state index in [1.807, 2.05) is 77.3 Å². The van der Waals surface area contributed by atoms with E-state index in [-0.39, 0.29) is 17.4 Å². The number of amides is 1. The summed E-state index contributed by atoms with van der Waals surface area (Å²) in [4.78, 5) is 20.5. The monoisotopic (exact) mass is 456 g/mol. The van der Waals surface area contributed by atoms with E-state index < -0.39 is 15.9 Å². The Morgan fingerprint density at radius 1 is 1.06 bits per heavy atom. The van der Waals surface area contributed by atoms with Gasteiger partial charge in [-0.15, -0.1) is 0 Å². The number of benzene rings is 2. The second-order valence-electron chi connectivity index (χ2n) is 7.44. The number of hydrogen-bond acceptors (Lipinski definition) is 6. The quantitative estimate of drug-likeness (QED) is 0.614. The number of sulfone groups is 1. The minimum absolute atomic E-state index is 0.0721. The molecule has 0 radical (unpaired) electrons. The fourth-order valence-electron chi connectivity index (χ4n) is 3.52. The van der Waals surface area contributed by atoms with Gasteiger partial charge in [0.25, 0.3) is 0 Å². The summed E-state index contributed by atoms with van der Waals surface area (Å²) in [6.07, 6.45) is 3.65. The molecule has 1 aliphatic rings. The number of hydrogen-bond donors (Lipinski definition) is 1. The lowest BCUT2D eigenvalue weighted by molar-refractivity contribution is -0.121. The van der Waals surface area contributed by atoms with Crippen molar-refractivity contribution in [1.29, 1.82) is 0 Å². The Balaban J connectivity index is 1.49.